The molecule has 2 N–H and O–H groups in total. The average molecular weight is 312 g/mol. The smallest absolute Gasteiger partial charge is 0.288 e. The predicted octanol–water partition coefficient (Wildman–Crippen LogP) is 3.51. The number of rotatable bonds is 4. The maximum Gasteiger partial charge on any atom is 0.288 e. The number of thiazole rings is 1. The lowest BCUT2D eigenvalue weighted by molar-refractivity contribution is 0.0949. The molecule has 6 heteroatoms. The van der Waals surface area contributed by atoms with Crippen LogP contribution in [0.3, 0.4) is 0 Å². The normalized spacial score (nSPS) is 11.6. The average Bonchev–Trinajstić information content (AvgIpc) is 3.13. The molecule has 112 valence electrons. The van der Waals surface area contributed by atoms with Gasteiger partial charge in [0.25, 0.3) is 5.91 Å². The van der Waals surface area contributed by atoms with E-state index in [2.05, 4.69) is 34.3 Å². The molecule has 3 aromatic rings. The van der Waals surface area contributed by atoms with Crippen molar-refractivity contribution in [2.24, 2.45) is 5.10 Å². The highest BCUT2D eigenvalue weighted by atomic mass is 32.1. The third-order valence-electron chi connectivity index (χ3n) is 3.34. The van der Waals surface area contributed by atoms with Crippen LogP contribution in [-0.2, 0) is 0 Å². The minimum absolute atomic E-state index is 0.236. The Hall–Kier alpha value is -2.47. The van der Waals surface area contributed by atoms with E-state index in [0.717, 1.165) is 21.5 Å². The molecule has 2 heterocycles. The van der Waals surface area contributed by atoms with Gasteiger partial charge in [-0.05, 0) is 17.5 Å². The lowest BCUT2D eigenvalue weighted by Crippen LogP contribution is -2.19. The van der Waals surface area contributed by atoms with Gasteiger partial charge in [0.1, 0.15) is 10.7 Å². The zero-order valence-electron chi connectivity index (χ0n) is 12.3. The van der Waals surface area contributed by atoms with Gasteiger partial charge in [-0.25, -0.2) is 10.4 Å². The second-order valence-corrected chi connectivity index (χ2v) is 6.11. The van der Waals surface area contributed by atoms with Gasteiger partial charge in [-0.3, -0.25) is 4.79 Å². The lowest BCUT2D eigenvalue weighted by atomic mass is 9.99. The number of amides is 1. The number of hydrogen-bond acceptors (Lipinski definition) is 4. The first-order chi connectivity index (χ1) is 10.7. The van der Waals surface area contributed by atoms with Crippen molar-refractivity contribution in [3.8, 4) is 0 Å². The van der Waals surface area contributed by atoms with Crippen molar-refractivity contribution in [1.82, 2.24) is 15.4 Å². The van der Waals surface area contributed by atoms with Crippen LogP contribution in [0, 0.1) is 0 Å². The van der Waals surface area contributed by atoms with Crippen molar-refractivity contribution < 1.29 is 4.79 Å². The molecule has 0 aliphatic carbocycles. The Morgan fingerprint density at radius 3 is 2.95 bits per heavy atom. The molecule has 1 amide bonds. The summed E-state index contributed by atoms with van der Waals surface area (Å²) in [7, 11) is 0. The molecule has 5 nitrogen and oxygen atoms in total. The predicted molar refractivity (Wildman–Crippen MR) is 89.6 cm³/mol. The van der Waals surface area contributed by atoms with E-state index in [0.29, 0.717) is 5.69 Å². The molecule has 3 rings (SSSR count). The summed E-state index contributed by atoms with van der Waals surface area (Å²) in [6.45, 7) is 4.15. The zero-order chi connectivity index (χ0) is 15.5. The molecule has 0 fully saturated rings. The Morgan fingerprint density at radius 1 is 1.41 bits per heavy atom. The number of aromatic nitrogens is 2. The molecule has 0 bridgehead atoms. The zero-order valence-corrected chi connectivity index (χ0v) is 13.1. The molecule has 1 aromatic carbocycles. The Kier molecular flexibility index (Phi) is 4.02. The Morgan fingerprint density at radius 2 is 2.23 bits per heavy atom. The van der Waals surface area contributed by atoms with Gasteiger partial charge in [-0.15, -0.1) is 11.3 Å². The van der Waals surface area contributed by atoms with E-state index in [1.54, 1.807) is 12.4 Å². The fourth-order valence-electron chi connectivity index (χ4n) is 2.44. The van der Waals surface area contributed by atoms with Crippen molar-refractivity contribution in [2.45, 2.75) is 19.8 Å². The maximum atomic E-state index is 12.4. The molecule has 0 radical (unpaired) electrons. The molecule has 0 aliphatic heterocycles. The van der Waals surface area contributed by atoms with Gasteiger partial charge in [0.15, 0.2) is 0 Å². The number of para-hydroxylation sites is 1. The molecule has 0 spiro atoms. The number of nitrogens with one attached hydrogen (secondary N) is 2. The first-order valence-electron chi connectivity index (χ1n) is 7.00. The van der Waals surface area contributed by atoms with Gasteiger partial charge in [-0.1, -0.05) is 32.0 Å². The second-order valence-electron chi connectivity index (χ2n) is 5.18. The van der Waals surface area contributed by atoms with Crippen LogP contribution < -0.4 is 5.43 Å². The molecular formula is C16H16N4OS. The number of fused-ring (bicyclic) bond motifs is 1. The van der Waals surface area contributed by atoms with Crippen LogP contribution in [-0.4, -0.2) is 22.1 Å². The van der Waals surface area contributed by atoms with E-state index < -0.39 is 0 Å². The Balaban J connectivity index is 1.88. The summed E-state index contributed by atoms with van der Waals surface area (Å²) in [5.74, 6) is -0.00690. The molecule has 0 unspecified atom stereocenters. The van der Waals surface area contributed by atoms with Crippen LogP contribution in [0.15, 0.2) is 40.9 Å². The van der Waals surface area contributed by atoms with Gasteiger partial charge in [0.2, 0.25) is 0 Å². The number of benzene rings is 1. The minimum atomic E-state index is -0.243. The number of H-pyrrole nitrogens is 1. The van der Waals surface area contributed by atoms with Gasteiger partial charge in [-0.2, -0.15) is 5.10 Å². The second kappa shape index (κ2) is 6.11. The summed E-state index contributed by atoms with van der Waals surface area (Å²) < 4.78 is 0. The first kappa shape index (κ1) is 14.5. The first-order valence-corrected chi connectivity index (χ1v) is 7.88. The largest absolute Gasteiger partial charge is 0.350 e. The molecule has 0 saturated heterocycles. The van der Waals surface area contributed by atoms with Crippen LogP contribution in [0.25, 0.3) is 10.9 Å². The van der Waals surface area contributed by atoms with Crippen molar-refractivity contribution in [2.75, 3.05) is 0 Å². The standard InChI is InChI=1S/C16H16N4OS/c1-10(2)14-11-5-3-4-6-12(11)19-15(14)16(21)20-18-9-13-17-7-8-22-13/h3-10,19H,1-2H3,(H,20,21)/b18-9+. The summed E-state index contributed by atoms with van der Waals surface area (Å²) in [5, 5.41) is 7.65. The highest BCUT2D eigenvalue weighted by molar-refractivity contribution is 7.11. The number of hydrogen-bond donors (Lipinski definition) is 2. The molecule has 2 aromatic heterocycles. The number of nitrogens with zero attached hydrogens (tertiary/aromatic N) is 2. The maximum absolute atomic E-state index is 12.4. The van der Waals surface area contributed by atoms with Crippen molar-refractivity contribution in [3.05, 3.63) is 52.1 Å². The fraction of sp³-hybridized carbons (Fsp3) is 0.188. The van der Waals surface area contributed by atoms with Crippen LogP contribution in [0.5, 0.6) is 0 Å². The number of aromatic amines is 1. The third kappa shape index (κ3) is 2.78. The van der Waals surface area contributed by atoms with Crippen LogP contribution >= 0.6 is 11.3 Å². The molecule has 22 heavy (non-hydrogen) atoms. The monoisotopic (exact) mass is 312 g/mol. The van der Waals surface area contributed by atoms with Crippen molar-refractivity contribution in [3.63, 3.8) is 0 Å². The topological polar surface area (TPSA) is 70.1 Å². The number of carbonyl (C=O) groups excluding carboxylic acids is 1. The summed E-state index contributed by atoms with van der Waals surface area (Å²) in [6, 6.07) is 7.92. The highest BCUT2D eigenvalue weighted by Gasteiger charge is 2.19. The van der Waals surface area contributed by atoms with Crippen molar-refractivity contribution in [1.29, 1.82) is 0 Å². The molecular weight excluding hydrogens is 296 g/mol. The van der Waals surface area contributed by atoms with Crippen LogP contribution in [0.1, 0.15) is 40.8 Å². The summed E-state index contributed by atoms with van der Waals surface area (Å²) >= 11 is 1.46. The van der Waals surface area contributed by atoms with E-state index in [4.69, 9.17) is 0 Å². The molecule has 0 atom stereocenters. The van der Waals surface area contributed by atoms with E-state index in [1.165, 1.54) is 11.3 Å². The number of hydrazone groups is 1. The van der Waals surface area contributed by atoms with E-state index in [-0.39, 0.29) is 11.8 Å². The SMILES string of the molecule is CC(C)c1c(C(=O)N/N=C/c2nccs2)[nH]c2ccccc12. The summed E-state index contributed by atoms with van der Waals surface area (Å²) in [6.07, 6.45) is 3.24. The fourth-order valence-corrected chi connectivity index (χ4v) is 2.94. The van der Waals surface area contributed by atoms with E-state index in [1.807, 2.05) is 29.6 Å². The third-order valence-corrected chi connectivity index (χ3v) is 4.05. The molecule has 0 saturated carbocycles. The lowest BCUT2D eigenvalue weighted by Gasteiger charge is -2.06. The van der Waals surface area contributed by atoms with Gasteiger partial charge >= 0.3 is 0 Å². The summed E-state index contributed by atoms with van der Waals surface area (Å²) in [4.78, 5) is 19.7. The Bertz CT molecular complexity index is 818. The summed E-state index contributed by atoms with van der Waals surface area (Å²) in [5.41, 5.74) is 5.09. The van der Waals surface area contributed by atoms with E-state index >= 15 is 0 Å². The van der Waals surface area contributed by atoms with Crippen molar-refractivity contribution >= 4 is 34.4 Å². The minimum Gasteiger partial charge on any atom is -0.350 e. The highest BCUT2D eigenvalue weighted by Crippen LogP contribution is 2.28. The van der Waals surface area contributed by atoms with Crippen LogP contribution in [0.4, 0.5) is 0 Å². The molecule has 0 aliphatic rings. The van der Waals surface area contributed by atoms with E-state index in [9.17, 15) is 4.79 Å². The Labute approximate surface area is 132 Å². The van der Waals surface area contributed by atoms with Gasteiger partial charge in [0, 0.05) is 22.5 Å². The van der Waals surface area contributed by atoms with Crippen LogP contribution in [0.2, 0.25) is 0 Å². The van der Waals surface area contributed by atoms with Gasteiger partial charge in [0.05, 0.1) is 6.21 Å². The van der Waals surface area contributed by atoms with Gasteiger partial charge < -0.3 is 4.98 Å². The number of carbonyl (C=O) groups is 1. The quantitative estimate of drug-likeness (QED) is 0.571.